The molecule has 1 heterocycles. The Morgan fingerprint density at radius 1 is 1.29 bits per heavy atom. The molecule has 1 fully saturated rings. The van der Waals surface area contributed by atoms with E-state index in [0.29, 0.717) is 12.2 Å². The van der Waals surface area contributed by atoms with Crippen LogP contribution in [0.5, 0.6) is 5.75 Å². The standard InChI is InChI=1S/C17H24ClNO2/c1-2-17(20)21-15-8-9-16(18)14(13-15)7-6-12-19-10-4-3-5-11-19/h8-9,13H,2-7,10-12H2,1H3. The first kappa shape index (κ1) is 16.3. The maximum Gasteiger partial charge on any atom is 0.310 e. The van der Waals surface area contributed by atoms with Gasteiger partial charge >= 0.3 is 5.97 Å². The first-order valence-electron chi connectivity index (χ1n) is 7.90. The molecule has 1 aromatic carbocycles. The molecule has 1 aliphatic rings. The molecule has 0 aromatic heterocycles. The van der Waals surface area contributed by atoms with E-state index < -0.39 is 0 Å². The van der Waals surface area contributed by atoms with Gasteiger partial charge in [-0.05, 0) is 69.1 Å². The highest BCUT2D eigenvalue weighted by Gasteiger charge is 2.10. The van der Waals surface area contributed by atoms with Gasteiger partial charge in [0.15, 0.2) is 0 Å². The van der Waals surface area contributed by atoms with E-state index in [4.69, 9.17) is 16.3 Å². The zero-order chi connectivity index (χ0) is 15.1. The molecule has 0 spiro atoms. The number of rotatable bonds is 6. The summed E-state index contributed by atoms with van der Waals surface area (Å²) in [6.07, 6.45) is 6.41. The van der Waals surface area contributed by atoms with Crippen molar-refractivity contribution in [3.05, 3.63) is 28.8 Å². The van der Waals surface area contributed by atoms with Crippen LogP contribution in [0.4, 0.5) is 0 Å². The molecule has 1 saturated heterocycles. The lowest BCUT2D eigenvalue weighted by Gasteiger charge is -2.26. The van der Waals surface area contributed by atoms with Gasteiger partial charge < -0.3 is 9.64 Å². The molecule has 1 aromatic rings. The van der Waals surface area contributed by atoms with Gasteiger partial charge in [-0.3, -0.25) is 4.79 Å². The van der Waals surface area contributed by atoms with Crippen LogP contribution in [0.25, 0.3) is 0 Å². The van der Waals surface area contributed by atoms with Crippen molar-refractivity contribution in [2.75, 3.05) is 19.6 Å². The first-order chi connectivity index (χ1) is 10.2. The number of likely N-dealkylation sites (tertiary alicyclic amines) is 1. The number of aryl methyl sites for hydroxylation is 1. The molecule has 3 nitrogen and oxygen atoms in total. The van der Waals surface area contributed by atoms with Gasteiger partial charge in [-0.15, -0.1) is 0 Å². The number of benzene rings is 1. The lowest BCUT2D eigenvalue weighted by Crippen LogP contribution is -2.30. The monoisotopic (exact) mass is 309 g/mol. The Kier molecular flexibility index (Phi) is 6.52. The highest BCUT2D eigenvalue weighted by Crippen LogP contribution is 2.24. The molecule has 0 bridgehead atoms. The topological polar surface area (TPSA) is 29.5 Å². The molecule has 21 heavy (non-hydrogen) atoms. The van der Waals surface area contributed by atoms with Crippen molar-refractivity contribution in [2.24, 2.45) is 0 Å². The Labute approximate surface area is 132 Å². The molecular weight excluding hydrogens is 286 g/mol. The van der Waals surface area contributed by atoms with Crippen LogP contribution in [-0.2, 0) is 11.2 Å². The summed E-state index contributed by atoms with van der Waals surface area (Å²) in [6.45, 7) is 5.36. The van der Waals surface area contributed by atoms with Crippen molar-refractivity contribution < 1.29 is 9.53 Å². The molecule has 2 rings (SSSR count). The Balaban J connectivity index is 1.86. The molecule has 0 saturated carbocycles. The highest BCUT2D eigenvalue weighted by molar-refractivity contribution is 6.31. The summed E-state index contributed by atoms with van der Waals surface area (Å²) in [5.41, 5.74) is 1.06. The third kappa shape index (κ3) is 5.33. The fourth-order valence-electron chi connectivity index (χ4n) is 2.69. The number of esters is 1. The van der Waals surface area contributed by atoms with Gasteiger partial charge in [0.05, 0.1) is 0 Å². The second-order valence-electron chi connectivity index (χ2n) is 5.59. The molecule has 116 valence electrons. The largest absolute Gasteiger partial charge is 0.427 e. The number of hydrogen-bond donors (Lipinski definition) is 0. The van der Waals surface area contributed by atoms with Crippen LogP contribution >= 0.6 is 11.6 Å². The van der Waals surface area contributed by atoms with Crippen molar-refractivity contribution in [3.8, 4) is 5.75 Å². The van der Waals surface area contributed by atoms with Crippen molar-refractivity contribution in [2.45, 2.75) is 45.4 Å². The van der Waals surface area contributed by atoms with E-state index >= 15 is 0 Å². The zero-order valence-electron chi connectivity index (χ0n) is 12.7. The van der Waals surface area contributed by atoms with Crippen molar-refractivity contribution >= 4 is 17.6 Å². The quantitative estimate of drug-likeness (QED) is 0.586. The Morgan fingerprint density at radius 2 is 2.05 bits per heavy atom. The average molecular weight is 310 g/mol. The summed E-state index contributed by atoms with van der Waals surface area (Å²) in [7, 11) is 0. The number of nitrogens with zero attached hydrogens (tertiary/aromatic N) is 1. The number of carbonyl (C=O) groups excluding carboxylic acids is 1. The van der Waals surface area contributed by atoms with Crippen molar-refractivity contribution in [1.29, 1.82) is 0 Å². The normalized spacial score (nSPS) is 15.9. The summed E-state index contributed by atoms with van der Waals surface area (Å²) >= 11 is 6.23. The minimum Gasteiger partial charge on any atom is -0.427 e. The second kappa shape index (κ2) is 8.40. The molecule has 0 radical (unpaired) electrons. The molecule has 0 aliphatic carbocycles. The highest BCUT2D eigenvalue weighted by atomic mass is 35.5. The molecule has 1 aliphatic heterocycles. The first-order valence-corrected chi connectivity index (χ1v) is 8.28. The van der Waals surface area contributed by atoms with Gasteiger partial charge in [0, 0.05) is 11.4 Å². The predicted octanol–water partition coefficient (Wildman–Crippen LogP) is 4.07. The number of carbonyl (C=O) groups is 1. The number of halogens is 1. The van der Waals surface area contributed by atoms with E-state index in [9.17, 15) is 4.79 Å². The van der Waals surface area contributed by atoms with Crippen LogP contribution in [-0.4, -0.2) is 30.5 Å². The van der Waals surface area contributed by atoms with E-state index in [-0.39, 0.29) is 5.97 Å². The molecule has 0 unspecified atom stereocenters. The predicted molar refractivity (Wildman–Crippen MR) is 86.0 cm³/mol. The maximum atomic E-state index is 11.3. The van der Waals surface area contributed by atoms with Crippen molar-refractivity contribution in [1.82, 2.24) is 4.90 Å². The fourth-order valence-corrected chi connectivity index (χ4v) is 2.90. The van der Waals surface area contributed by atoms with Gasteiger partial charge in [-0.1, -0.05) is 24.9 Å². The molecule has 0 N–H and O–H groups in total. The Bertz CT molecular complexity index is 470. The van der Waals surface area contributed by atoms with Crippen LogP contribution in [0.2, 0.25) is 5.02 Å². The minimum absolute atomic E-state index is 0.211. The van der Waals surface area contributed by atoms with E-state index in [1.807, 2.05) is 12.1 Å². The molecule has 0 amide bonds. The van der Waals surface area contributed by atoms with Crippen LogP contribution < -0.4 is 4.74 Å². The summed E-state index contributed by atoms with van der Waals surface area (Å²) in [5.74, 6) is 0.385. The summed E-state index contributed by atoms with van der Waals surface area (Å²) < 4.78 is 5.25. The van der Waals surface area contributed by atoms with E-state index in [1.165, 1.54) is 32.4 Å². The summed E-state index contributed by atoms with van der Waals surface area (Å²) in [5, 5.41) is 0.755. The van der Waals surface area contributed by atoms with Gasteiger partial charge in [0.25, 0.3) is 0 Å². The number of hydrogen-bond acceptors (Lipinski definition) is 3. The SMILES string of the molecule is CCC(=O)Oc1ccc(Cl)c(CCCN2CCCCC2)c1. The van der Waals surface area contributed by atoms with E-state index in [0.717, 1.165) is 30.0 Å². The lowest BCUT2D eigenvalue weighted by atomic mass is 10.1. The fraction of sp³-hybridized carbons (Fsp3) is 0.588. The second-order valence-corrected chi connectivity index (χ2v) is 5.99. The average Bonchev–Trinajstić information content (AvgIpc) is 2.51. The van der Waals surface area contributed by atoms with Crippen LogP contribution in [0, 0.1) is 0 Å². The van der Waals surface area contributed by atoms with E-state index in [1.54, 1.807) is 13.0 Å². The van der Waals surface area contributed by atoms with Gasteiger partial charge in [-0.25, -0.2) is 0 Å². The van der Waals surface area contributed by atoms with Crippen LogP contribution in [0.3, 0.4) is 0 Å². The molecule has 0 atom stereocenters. The Hall–Kier alpha value is -1.06. The van der Waals surface area contributed by atoms with Crippen LogP contribution in [0.1, 0.15) is 44.6 Å². The third-order valence-corrected chi connectivity index (χ3v) is 4.28. The van der Waals surface area contributed by atoms with E-state index in [2.05, 4.69) is 4.90 Å². The zero-order valence-corrected chi connectivity index (χ0v) is 13.5. The van der Waals surface area contributed by atoms with Crippen LogP contribution in [0.15, 0.2) is 18.2 Å². The summed E-state index contributed by atoms with van der Waals surface area (Å²) in [6, 6.07) is 5.46. The van der Waals surface area contributed by atoms with Crippen molar-refractivity contribution in [3.63, 3.8) is 0 Å². The van der Waals surface area contributed by atoms with Gasteiger partial charge in [0.2, 0.25) is 0 Å². The molecule has 4 heteroatoms. The van der Waals surface area contributed by atoms with Gasteiger partial charge in [0.1, 0.15) is 5.75 Å². The Morgan fingerprint density at radius 3 is 2.76 bits per heavy atom. The minimum atomic E-state index is -0.211. The smallest absolute Gasteiger partial charge is 0.310 e. The number of ether oxygens (including phenoxy) is 1. The van der Waals surface area contributed by atoms with Gasteiger partial charge in [-0.2, -0.15) is 0 Å². The lowest BCUT2D eigenvalue weighted by molar-refractivity contribution is -0.134. The molecular formula is C17H24ClNO2. The third-order valence-electron chi connectivity index (χ3n) is 3.91. The summed E-state index contributed by atoms with van der Waals surface area (Å²) in [4.78, 5) is 13.9. The number of piperidine rings is 1. The maximum absolute atomic E-state index is 11.3.